The third-order valence-corrected chi connectivity index (χ3v) is 7.05. The molecule has 5 heteroatoms. The molecule has 28 heavy (non-hydrogen) atoms. The maximum Gasteiger partial charge on any atom is 0.253 e. The number of amides is 2. The normalized spacial score (nSPS) is 19.0. The molecule has 0 unspecified atom stereocenters. The van der Waals surface area contributed by atoms with Crippen molar-refractivity contribution in [2.45, 2.75) is 32.1 Å². The Balaban J connectivity index is 1.24. The van der Waals surface area contributed by atoms with Gasteiger partial charge in [0, 0.05) is 42.5 Å². The van der Waals surface area contributed by atoms with E-state index in [1.165, 1.54) is 4.88 Å². The van der Waals surface area contributed by atoms with Gasteiger partial charge in [0.05, 0.1) is 0 Å². The molecule has 2 amide bonds. The van der Waals surface area contributed by atoms with Crippen LogP contribution >= 0.6 is 11.3 Å². The Morgan fingerprint density at radius 3 is 2.18 bits per heavy atom. The molecule has 2 fully saturated rings. The van der Waals surface area contributed by atoms with Gasteiger partial charge in [0.2, 0.25) is 5.91 Å². The number of thiophene rings is 1. The second-order valence-electron chi connectivity index (χ2n) is 7.98. The Morgan fingerprint density at radius 2 is 1.54 bits per heavy atom. The van der Waals surface area contributed by atoms with Crippen LogP contribution in [0.15, 0.2) is 47.8 Å². The minimum Gasteiger partial charge on any atom is -0.342 e. The molecule has 2 saturated heterocycles. The predicted molar refractivity (Wildman–Crippen MR) is 112 cm³/mol. The van der Waals surface area contributed by atoms with Crippen molar-refractivity contribution in [2.75, 3.05) is 26.2 Å². The van der Waals surface area contributed by atoms with Crippen LogP contribution in [0.2, 0.25) is 0 Å². The molecule has 4 rings (SSSR count). The van der Waals surface area contributed by atoms with Gasteiger partial charge in [-0.15, -0.1) is 11.3 Å². The minimum absolute atomic E-state index is 0.0775. The highest BCUT2D eigenvalue weighted by Crippen LogP contribution is 2.27. The van der Waals surface area contributed by atoms with Gasteiger partial charge in [-0.1, -0.05) is 24.3 Å². The van der Waals surface area contributed by atoms with Crippen LogP contribution in [0.1, 0.15) is 40.9 Å². The summed E-state index contributed by atoms with van der Waals surface area (Å²) in [5, 5.41) is 2.14. The lowest BCUT2D eigenvalue weighted by molar-refractivity contribution is -0.138. The highest BCUT2D eigenvalue weighted by molar-refractivity contribution is 7.09. The van der Waals surface area contributed by atoms with Crippen molar-refractivity contribution in [1.82, 2.24) is 9.80 Å². The van der Waals surface area contributed by atoms with Gasteiger partial charge in [0.1, 0.15) is 0 Å². The maximum absolute atomic E-state index is 12.9. The van der Waals surface area contributed by atoms with Gasteiger partial charge < -0.3 is 9.80 Å². The van der Waals surface area contributed by atoms with Crippen LogP contribution in [0.25, 0.3) is 0 Å². The summed E-state index contributed by atoms with van der Waals surface area (Å²) in [4.78, 5) is 31.0. The monoisotopic (exact) mass is 396 g/mol. The van der Waals surface area contributed by atoms with E-state index in [0.29, 0.717) is 24.9 Å². The van der Waals surface area contributed by atoms with Crippen LogP contribution in [0.3, 0.4) is 0 Å². The average molecular weight is 397 g/mol. The highest BCUT2D eigenvalue weighted by atomic mass is 32.1. The zero-order valence-electron chi connectivity index (χ0n) is 16.3. The van der Waals surface area contributed by atoms with Crippen molar-refractivity contribution >= 4 is 23.2 Å². The van der Waals surface area contributed by atoms with Crippen molar-refractivity contribution in [2.24, 2.45) is 11.8 Å². The van der Waals surface area contributed by atoms with E-state index in [1.807, 2.05) is 46.6 Å². The van der Waals surface area contributed by atoms with Crippen LogP contribution in [0.4, 0.5) is 0 Å². The van der Waals surface area contributed by atoms with Crippen LogP contribution in [0.5, 0.6) is 0 Å². The van der Waals surface area contributed by atoms with E-state index in [2.05, 4.69) is 22.4 Å². The fourth-order valence-electron chi connectivity index (χ4n) is 4.42. The van der Waals surface area contributed by atoms with Gasteiger partial charge in [0.25, 0.3) is 5.91 Å². The second-order valence-corrected chi connectivity index (χ2v) is 9.02. The van der Waals surface area contributed by atoms with E-state index in [1.54, 1.807) is 0 Å². The van der Waals surface area contributed by atoms with Gasteiger partial charge in [-0.05, 0) is 61.6 Å². The predicted octanol–water partition coefficient (Wildman–Crippen LogP) is 4.08. The topological polar surface area (TPSA) is 40.6 Å². The van der Waals surface area contributed by atoms with Crippen molar-refractivity contribution in [3.63, 3.8) is 0 Å². The van der Waals surface area contributed by atoms with Crippen molar-refractivity contribution in [3.05, 3.63) is 58.3 Å². The number of hydrogen-bond acceptors (Lipinski definition) is 3. The van der Waals surface area contributed by atoms with Crippen molar-refractivity contribution < 1.29 is 9.59 Å². The number of carbonyl (C=O) groups excluding carboxylic acids is 2. The van der Waals surface area contributed by atoms with Crippen molar-refractivity contribution in [1.29, 1.82) is 0 Å². The first-order valence-corrected chi connectivity index (χ1v) is 11.2. The fourth-order valence-corrected chi connectivity index (χ4v) is 5.24. The summed E-state index contributed by atoms with van der Waals surface area (Å²) in [7, 11) is 0. The summed E-state index contributed by atoms with van der Waals surface area (Å²) in [5.74, 6) is 1.17. The smallest absolute Gasteiger partial charge is 0.253 e. The standard InChI is InChI=1S/C23H28N2O2S/c26-22(19-5-2-1-3-6-19)25-14-10-20(11-15-25)23(27)24-12-8-18(9-13-24)17-21-7-4-16-28-21/h1-7,16,18,20H,8-15,17H2. The molecular formula is C23H28N2O2S. The van der Waals surface area contributed by atoms with Gasteiger partial charge in [-0.3, -0.25) is 9.59 Å². The van der Waals surface area contributed by atoms with E-state index in [0.717, 1.165) is 50.8 Å². The third-order valence-electron chi connectivity index (χ3n) is 6.15. The van der Waals surface area contributed by atoms with Crippen LogP contribution in [0, 0.1) is 11.8 Å². The molecular weight excluding hydrogens is 368 g/mol. The second kappa shape index (κ2) is 8.91. The molecule has 0 N–H and O–H groups in total. The summed E-state index contributed by atoms with van der Waals surface area (Å²) < 4.78 is 0. The van der Waals surface area contributed by atoms with E-state index in [-0.39, 0.29) is 11.8 Å². The summed E-state index contributed by atoms with van der Waals surface area (Å²) in [6, 6.07) is 13.8. The maximum atomic E-state index is 12.9. The summed E-state index contributed by atoms with van der Waals surface area (Å²) in [6.45, 7) is 3.13. The molecule has 0 aliphatic carbocycles. The number of likely N-dealkylation sites (tertiary alicyclic amines) is 2. The Labute approximate surface area is 171 Å². The molecule has 1 aromatic carbocycles. The summed E-state index contributed by atoms with van der Waals surface area (Å²) in [6.07, 6.45) is 4.93. The van der Waals surface area contributed by atoms with E-state index in [9.17, 15) is 9.59 Å². The molecule has 0 saturated carbocycles. The summed E-state index contributed by atoms with van der Waals surface area (Å²) >= 11 is 1.83. The highest BCUT2D eigenvalue weighted by Gasteiger charge is 2.32. The molecule has 1 aromatic heterocycles. The quantitative estimate of drug-likeness (QED) is 0.781. The first-order chi connectivity index (χ1) is 13.7. The van der Waals surface area contributed by atoms with Crippen LogP contribution in [-0.2, 0) is 11.2 Å². The molecule has 3 heterocycles. The van der Waals surface area contributed by atoms with E-state index >= 15 is 0 Å². The van der Waals surface area contributed by atoms with E-state index in [4.69, 9.17) is 0 Å². The van der Waals surface area contributed by atoms with Crippen LogP contribution < -0.4 is 0 Å². The van der Waals surface area contributed by atoms with Gasteiger partial charge in [0.15, 0.2) is 0 Å². The Bertz CT molecular complexity index is 774. The van der Waals surface area contributed by atoms with Crippen LogP contribution in [-0.4, -0.2) is 47.8 Å². The molecule has 148 valence electrons. The molecule has 2 aromatic rings. The summed E-state index contributed by atoms with van der Waals surface area (Å²) in [5.41, 5.74) is 0.736. The van der Waals surface area contributed by atoms with Gasteiger partial charge in [-0.25, -0.2) is 0 Å². The number of rotatable bonds is 4. The molecule has 0 bridgehead atoms. The average Bonchev–Trinajstić information content (AvgIpc) is 3.27. The molecule has 4 nitrogen and oxygen atoms in total. The zero-order chi connectivity index (χ0) is 19.3. The Hall–Kier alpha value is -2.14. The Morgan fingerprint density at radius 1 is 0.857 bits per heavy atom. The molecule has 0 spiro atoms. The zero-order valence-corrected chi connectivity index (χ0v) is 17.1. The molecule has 2 aliphatic rings. The number of hydrogen-bond donors (Lipinski definition) is 0. The minimum atomic E-state index is 0.0775. The largest absolute Gasteiger partial charge is 0.342 e. The van der Waals surface area contributed by atoms with Gasteiger partial charge in [-0.2, -0.15) is 0 Å². The van der Waals surface area contributed by atoms with Crippen molar-refractivity contribution in [3.8, 4) is 0 Å². The SMILES string of the molecule is O=C(c1ccccc1)N1CCC(C(=O)N2CCC(Cc3cccs3)CC2)CC1. The number of carbonyl (C=O) groups is 2. The number of piperidine rings is 2. The first kappa shape index (κ1) is 19.2. The van der Waals surface area contributed by atoms with E-state index < -0.39 is 0 Å². The molecule has 0 radical (unpaired) electrons. The number of nitrogens with zero attached hydrogens (tertiary/aromatic N) is 2. The third kappa shape index (κ3) is 4.46. The lowest BCUT2D eigenvalue weighted by atomic mass is 9.90. The molecule has 2 aliphatic heterocycles. The molecule has 0 atom stereocenters. The number of benzene rings is 1. The lowest BCUT2D eigenvalue weighted by Crippen LogP contribution is -2.46. The first-order valence-electron chi connectivity index (χ1n) is 10.4. The van der Waals surface area contributed by atoms with Gasteiger partial charge >= 0.3 is 0 Å². The lowest BCUT2D eigenvalue weighted by Gasteiger charge is -2.37. The fraction of sp³-hybridized carbons (Fsp3) is 0.478. The Kier molecular flexibility index (Phi) is 6.10.